The van der Waals surface area contributed by atoms with Crippen LogP contribution in [0.4, 0.5) is 10.5 Å². The number of hydrogen-bond acceptors (Lipinski definition) is 4. The molecule has 3 rings (SSSR count). The van der Waals surface area contributed by atoms with Gasteiger partial charge in [-0.15, -0.1) is 0 Å². The van der Waals surface area contributed by atoms with Crippen LogP contribution in [-0.4, -0.2) is 62.7 Å². The molecule has 1 saturated heterocycles. The van der Waals surface area contributed by atoms with Crippen molar-refractivity contribution in [3.63, 3.8) is 0 Å². The molecule has 1 aromatic carbocycles. The molecule has 0 aromatic heterocycles. The molecule has 1 heterocycles. The average molecular weight is 387 g/mol. The smallest absolute Gasteiger partial charge is 0.414 e. The maximum atomic E-state index is 11.9. The van der Waals surface area contributed by atoms with Crippen molar-refractivity contribution >= 4 is 23.6 Å². The van der Waals surface area contributed by atoms with Crippen molar-refractivity contribution in [3.05, 3.63) is 29.8 Å². The molecule has 0 atom stereocenters. The number of likely N-dealkylation sites (N-methyl/N-ethyl adjacent to an activating group) is 1. The van der Waals surface area contributed by atoms with Crippen LogP contribution in [0.5, 0.6) is 0 Å². The molecule has 0 radical (unpaired) electrons. The summed E-state index contributed by atoms with van der Waals surface area (Å²) in [6.07, 6.45) is 4.40. The van der Waals surface area contributed by atoms with E-state index in [1.165, 1.54) is 12.8 Å². The van der Waals surface area contributed by atoms with Gasteiger partial charge in [0.25, 0.3) is 0 Å². The molecule has 0 unspecified atom stereocenters. The van der Waals surface area contributed by atoms with E-state index in [0.717, 1.165) is 24.1 Å². The fourth-order valence-corrected chi connectivity index (χ4v) is 3.31. The van der Waals surface area contributed by atoms with E-state index in [1.54, 1.807) is 23.9 Å². The monoisotopic (exact) mass is 387 g/mol. The number of nitrogens with zero attached hydrogens (tertiary/aromatic N) is 3. The van der Waals surface area contributed by atoms with Crippen molar-refractivity contribution in [1.29, 1.82) is 0 Å². The van der Waals surface area contributed by atoms with Crippen molar-refractivity contribution in [3.8, 4) is 0 Å². The van der Waals surface area contributed by atoms with E-state index in [1.807, 2.05) is 24.3 Å². The van der Waals surface area contributed by atoms with Crippen LogP contribution in [-0.2, 0) is 16.1 Å². The topological polar surface area (TPSA) is 86.3 Å². The second-order valence-corrected chi connectivity index (χ2v) is 7.36. The molecule has 2 N–H and O–H groups in total. The maximum Gasteiger partial charge on any atom is 0.414 e. The highest BCUT2D eigenvalue weighted by Crippen LogP contribution is 2.20. The molecule has 1 aromatic rings. The van der Waals surface area contributed by atoms with Gasteiger partial charge >= 0.3 is 6.09 Å². The van der Waals surface area contributed by atoms with Crippen LogP contribution in [0.2, 0.25) is 0 Å². The lowest BCUT2D eigenvalue weighted by Crippen LogP contribution is -2.46. The molecule has 8 nitrogen and oxygen atoms in total. The van der Waals surface area contributed by atoms with Gasteiger partial charge in [-0.3, -0.25) is 9.69 Å². The van der Waals surface area contributed by atoms with Crippen LogP contribution in [0.1, 0.15) is 31.2 Å². The molecule has 2 fully saturated rings. The molecule has 2 amide bonds. The van der Waals surface area contributed by atoms with Crippen LogP contribution < -0.4 is 15.5 Å². The van der Waals surface area contributed by atoms with Gasteiger partial charge in [-0.2, -0.15) is 0 Å². The van der Waals surface area contributed by atoms with Gasteiger partial charge in [-0.05, 0) is 30.5 Å². The zero-order valence-electron chi connectivity index (χ0n) is 16.6. The summed E-state index contributed by atoms with van der Waals surface area (Å²) in [7, 11) is 3.48. The third-order valence-electron chi connectivity index (χ3n) is 5.03. The number of nitrogens with one attached hydrogen (secondary N) is 2. The number of cyclic esters (lactones) is 1. The number of benzene rings is 1. The molecule has 1 aliphatic heterocycles. The fourth-order valence-electron chi connectivity index (χ4n) is 3.31. The fraction of sp³-hybridized carbons (Fsp3) is 0.550. The van der Waals surface area contributed by atoms with E-state index in [4.69, 9.17) is 4.74 Å². The molecular weight excluding hydrogens is 358 g/mol. The van der Waals surface area contributed by atoms with Gasteiger partial charge in [0.2, 0.25) is 5.91 Å². The number of carbonyl (C=O) groups excluding carboxylic acids is 2. The van der Waals surface area contributed by atoms with Crippen molar-refractivity contribution < 1.29 is 14.3 Å². The summed E-state index contributed by atoms with van der Waals surface area (Å²) < 4.78 is 4.97. The van der Waals surface area contributed by atoms with Gasteiger partial charge in [0.15, 0.2) is 5.96 Å². The lowest BCUT2D eigenvalue weighted by molar-refractivity contribution is -0.127. The molecule has 0 spiro atoms. The average Bonchev–Trinajstić information content (AvgIpc) is 3.35. The lowest BCUT2D eigenvalue weighted by atomic mass is 10.2. The largest absolute Gasteiger partial charge is 0.447 e. The second-order valence-electron chi connectivity index (χ2n) is 7.36. The number of aliphatic imine (C=N–C) groups is 1. The van der Waals surface area contributed by atoms with Crippen molar-refractivity contribution in [2.45, 2.75) is 38.3 Å². The Balaban J connectivity index is 1.61. The van der Waals surface area contributed by atoms with E-state index in [9.17, 15) is 9.59 Å². The number of hydrogen-bond donors (Lipinski definition) is 2. The Morgan fingerprint density at radius 3 is 2.57 bits per heavy atom. The van der Waals surface area contributed by atoms with Crippen molar-refractivity contribution in [2.24, 2.45) is 4.99 Å². The minimum absolute atomic E-state index is 0.00257. The number of guanidine groups is 1. The van der Waals surface area contributed by atoms with Gasteiger partial charge in [0, 0.05) is 25.8 Å². The van der Waals surface area contributed by atoms with Crippen molar-refractivity contribution in [2.75, 3.05) is 38.7 Å². The Morgan fingerprint density at radius 2 is 1.96 bits per heavy atom. The SMILES string of the molecule is CN(C)C(=O)CNC(=NCc1ccc(N2CCOC2=O)cc1)NC1CCCC1. The van der Waals surface area contributed by atoms with Gasteiger partial charge in [0.05, 0.1) is 19.6 Å². The van der Waals surface area contributed by atoms with Crippen LogP contribution >= 0.6 is 0 Å². The third-order valence-corrected chi connectivity index (χ3v) is 5.03. The molecular formula is C20H29N5O3. The lowest BCUT2D eigenvalue weighted by Gasteiger charge is -2.18. The Labute approximate surface area is 165 Å². The predicted molar refractivity (Wildman–Crippen MR) is 108 cm³/mol. The molecule has 28 heavy (non-hydrogen) atoms. The zero-order valence-corrected chi connectivity index (χ0v) is 16.6. The van der Waals surface area contributed by atoms with Gasteiger partial charge in [-0.25, -0.2) is 9.79 Å². The number of rotatable bonds is 6. The number of amides is 2. The maximum absolute atomic E-state index is 11.9. The van der Waals surface area contributed by atoms with Gasteiger partial charge < -0.3 is 20.3 Å². The summed E-state index contributed by atoms with van der Waals surface area (Å²) in [6.45, 7) is 1.71. The number of ether oxygens (including phenoxy) is 1. The zero-order chi connectivity index (χ0) is 19.9. The van der Waals surface area contributed by atoms with E-state index >= 15 is 0 Å². The van der Waals surface area contributed by atoms with E-state index < -0.39 is 0 Å². The Morgan fingerprint density at radius 1 is 1.25 bits per heavy atom. The first-order valence-corrected chi connectivity index (χ1v) is 9.81. The Hall–Kier alpha value is -2.77. The first-order chi connectivity index (χ1) is 13.5. The van der Waals surface area contributed by atoms with Crippen LogP contribution in [0.15, 0.2) is 29.3 Å². The quantitative estimate of drug-likeness (QED) is 0.573. The Bertz CT molecular complexity index is 711. The van der Waals surface area contributed by atoms with Gasteiger partial charge in [0.1, 0.15) is 6.61 Å². The summed E-state index contributed by atoms with van der Waals surface area (Å²) in [5.74, 6) is 0.664. The highest BCUT2D eigenvalue weighted by Gasteiger charge is 2.23. The first-order valence-electron chi connectivity index (χ1n) is 9.81. The van der Waals surface area contributed by atoms with Crippen LogP contribution in [0.3, 0.4) is 0 Å². The first kappa shape index (κ1) is 20.0. The minimum atomic E-state index is -0.302. The summed E-state index contributed by atoms with van der Waals surface area (Å²) in [5, 5.41) is 6.58. The predicted octanol–water partition coefficient (Wildman–Crippen LogP) is 1.71. The van der Waals surface area contributed by atoms with Gasteiger partial charge in [-0.1, -0.05) is 25.0 Å². The summed E-state index contributed by atoms with van der Waals surface area (Å²) >= 11 is 0. The molecule has 1 saturated carbocycles. The minimum Gasteiger partial charge on any atom is -0.447 e. The van der Waals surface area contributed by atoms with Crippen LogP contribution in [0, 0.1) is 0 Å². The molecule has 0 bridgehead atoms. The van der Waals surface area contributed by atoms with Crippen LogP contribution in [0.25, 0.3) is 0 Å². The number of carbonyl (C=O) groups is 2. The number of anilines is 1. The standard InChI is InChI=1S/C20H29N5O3/c1-24(2)18(26)14-22-19(23-16-5-3-4-6-16)21-13-15-7-9-17(10-8-15)25-11-12-28-20(25)27/h7-10,16H,3-6,11-14H2,1-2H3,(H2,21,22,23). The summed E-state index contributed by atoms with van der Waals surface area (Å²) in [6, 6.07) is 8.14. The molecule has 8 heteroatoms. The Kier molecular flexibility index (Phi) is 6.73. The summed E-state index contributed by atoms with van der Waals surface area (Å²) in [4.78, 5) is 31.4. The normalized spacial score (nSPS) is 17.6. The highest BCUT2D eigenvalue weighted by molar-refractivity contribution is 5.89. The molecule has 152 valence electrons. The van der Waals surface area contributed by atoms with Crippen molar-refractivity contribution in [1.82, 2.24) is 15.5 Å². The van der Waals surface area contributed by atoms with E-state index in [0.29, 0.717) is 31.7 Å². The summed E-state index contributed by atoms with van der Waals surface area (Å²) in [5.41, 5.74) is 1.86. The van der Waals surface area contributed by atoms with E-state index in [-0.39, 0.29) is 18.5 Å². The third kappa shape index (κ3) is 5.37. The highest BCUT2D eigenvalue weighted by atomic mass is 16.6. The molecule has 1 aliphatic carbocycles. The second kappa shape index (κ2) is 9.43. The van der Waals surface area contributed by atoms with E-state index in [2.05, 4.69) is 15.6 Å². The molecule has 2 aliphatic rings.